The first-order valence-corrected chi connectivity index (χ1v) is 29.2. The van der Waals surface area contributed by atoms with E-state index in [0.29, 0.717) is 89.0 Å². The van der Waals surface area contributed by atoms with E-state index in [4.69, 9.17) is 29.0 Å². The van der Waals surface area contributed by atoms with Gasteiger partial charge >= 0.3 is 5.97 Å². The Balaban J connectivity index is 1.17. The number of hydrogen-bond acceptors (Lipinski definition) is 17. The second-order valence-corrected chi connectivity index (χ2v) is 23.6. The fourth-order valence-corrected chi connectivity index (χ4v) is 11.9. The average Bonchev–Trinajstić information content (AvgIpc) is 3.96. The van der Waals surface area contributed by atoms with Crippen LogP contribution in [0.3, 0.4) is 0 Å². The Morgan fingerprint density at radius 2 is 1.41 bits per heavy atom. The number of fused-ring (bicyclic) bond motifs is 2. The fourth-order valence-electron chi connectivity index (χ4n) is 9.39. The zero-order valence-electron chi connectivity index (χ0n) is 44.2. The second-order valence-electron chi connectivity index (χ2n) is 19.3. The van der Waals surface area contributed by atoms with E-state index in [0.717, 1.165) is 57.1 Å². The summed E-state index contributed by atoms with van der Waals surface area (Å²) >= 11 is 0.970. The lowest BCUT2D eigenvalue weighted by atomic mass is 9.80. The first kappa shape index (κ1) is 60.3. The van der Waals surface area contributed by atoms with Crippen LogP contribution in [0, 0.1) is 0 Å². The second kappa shape index (κ2) is 28.1. The number of sulfonamides is 2. The molecule has 0 aliphatic carbocycles. The zero-order chi connectivity index (χ0) is 54.9. The lowest BCUT2D eigenvalue weighted by Gasteiger charge is -2.27. The molecule has 2 amide bonds. The van der Waals surface area contributed by atoms with Crippen molar-refractivity contribution in [2.24, 2.45) is 0 Å². The molecule has 0 aromatic heterocycles. The van der Waals surface area contributed by atoms with Crippen molar-refractivity contribution in [2.75, 3.05) is 90.7 Å². The number of unbranched alkanes of at least 4 members (excludes halogenated alkanes) is 2. The predicted molar refractivity (Wildman–Crippen MR) is 287 cm³/mol. The van der Waals surface area contributed by atoms with E-state index in [1.165, 1.54) is 0 Å². The molecule has 3 heterocycles. The van der Waals surface area contributed by atoms with Crippen LogP contribution in [0.25, 0.3) is 11.1 Å². The van der Waals surface area contributed by atoms with Crippen LogP contribution < -0.4 is 14.3 Å². The number of nitrogens with one attached hydrogen (secondary N) is 2. The molecule has 6 rings (SSSR count). The summed E-state index contributed by atoms with van der Waals surface area (Å²) in [6.45, 7) is 12.4. The fraction of sp³-hybridized carbons (Fsp3) is 0.509. The van der Waals surface area contributed by atoms with Crippen molar-refractivity contribution in [3.63, 3.8) is 0 Å². The lowest BCUT2D eigenvalue weighted by Crippen LogP contribution is -2.31. The summed E-state index contributed by atoms with van der Waals surface area (Å²) in [7, 11) is -4.46. The Morgan fingerprint density at radius 1 is 0.750 bits per heavy atom. The summed E-state index contributed by atoms with van der Waals surface area (Å²) in [5.41, 5.74) is 6.67. The van der Waals surface area contributed by atoms with Gasteiger partial charge in [-0.25, -0.2) is 36.3 Å². The topological polar surface area (TPSA) is 238 Å². The van der Waals surface area contributed by atoms with Crippen molar-refractivity contribution in [2.45, 2.75) is 99.7 Å². The van der Waals surface area contributed by atoms with E-state index in [1.807, 2.05) is 24.3 Å². The number of carbonyl (C=O) groups is 3. The quantitative estimate of drug-likeness (QED) is 0.0141. The van der Waals surface area contributed by atoms with Crippen LogP contribution in [-0.4, -0.2) is 141 Å². The molecule has 3 N–H and O–H groups in total. The van der Waals surface area contributed by atoms with Crippen molar-refractivity contribution in [3.8, 4) is 11.1 Å². The summed E-state index contributed by atoms with van der Waals surface area (Å²) in [6.07, 6.45) is 8.99. The van der Waals surface area contributed by atoms with Crippen LogP contribution in [0.15, 0.2) is 94.4 Å². The third kappa shape index (κ3) is 15.4. The molecule has 3 aliphatic heterocycles. The van der Waals surface area contributed by atoms with Gasteiger partial charge in [-0.1, -0.05) is 49.6 Å². The highest BCUT2D eigenvalue weighted by Gasteiger charge is 2.45. The van der Waals surface area contributed by atoms with Gasteiger partial charge in [-0.05, 0) is 98.7 Å². The Labute approximate surface area is 450 Å². The number of hydroxylamine groups is 2. The van der Waals surface area contributed by atoms with Crippen molar-refractivity contribution in [1.29, 1.82) is 0 Å². The Bertz CT molecular complexity index is 2800. The Kier molecular flexibility index (Phi) is 22.3. The van der Waals surface area contributed by atoms with Gasteiger partial charge in [0.2, 0.25) is 25.7 Å². The summed E-state index contributed by atoms with van der Waals surface area (Å²) in [5, 5.41) is 13.0. The molecule has 76 heavy (non-hydrogen) atoms. The molecule has 20 nitrogen and oxygen atoms in total. The lowest BCUT2D eigenvalue weighted by molar-refractivity contribution is -0.442. The number of amides is 2. The van der Waals surface area contributed by atoms with Crippen LogP contribution in [0.4, 0.5) is 11.4 Å². The molecule has 1 saturated heterocycles. The molecular weight excluding hydrogens is 1040 g/mol. The molecular formula is C53H72N5O15S3+. The summed E-state index contributed by atoms with van der Waals surface area (Å²) < 4.78 is 87.2. The number of rotatable bonds is 33. The maximum Gasteiger partial charge on any atom is 0.333 e. The monoisotopic (exact) mass is 1110 g/mol. The number of hydrogen-bond donors (Lipinski definition) is 3. The highest BCUT2D eigenvalue weighted by Crippen LogP contribution is 2.49. The molecule has 0 saturated carbocycles. The third-order valence-corrected chi connectivity index (χ3v) is 16.9. The molecule has 3 aromatic rings. The van der Waals surface area contributed by atoms with Gasteiger partial charge < -0.3 is 28.7 Å². The number of benzene rings is 3. The van der Waals surface area contributed by atoms with E-state index < -0.39 is 48.7 Å². The molecule has 416 valence electrons. The van der Waals surface area contributed by atoms with Gasteiger partial charge in [0.05, 0.1) is 48.2 Å². The third-order valence-electron chi connectivity index (χ3n) is 13.4. The number of nitrogens with zero attached hydrogens (tertiary/aromatic N) is 3. The van der Waals surface area contributed by atoms with Crippen molar-refractivity contribution < 1.29 is 74.2 Å². The number of ether oxygens (including phenoxy) is 4. The SMILES string of the molecule is COCCOCCNS(=O)(=O)c1ccc(-c2ccc3c(c2)C(C)(C)C(C=CC/C=C2\N(CCCSOOO)c4ccc(S(=O)(=O)NCCCCCC(=O)ON5C(=O)CCC5=O)cc4C2(C)C)=[N+]3CCOCCOC)cc1. The number of carbonyl (C=O) groups excluding carboxylic acids is 3. The van der Waals surface area contributed by atoms with E-state index in [1.54, 1.807) is 38.5 Å². The number of allylic oxidation sites excluding steroid dienone is 4. The molecule has 3 aliphatic rings. The van der Waals surface area contributed by atoms with Crippen LogP contribution in [0.2, 0.25) is 0 Å². The van der Waals surface area contributed by atoms with E-state index >= 15 is 0 Å². The van der Waals surface area contributed by atoms with Gasteiger partial charge in [0, 0.05) is 105 Å². The van der Waals surface area contributed by atoms with Gasteiger partial charge in [-0.3, -0.25) is 9.59 Å². The van der Waals surface area contributed by atoms with Crippen molar-refractivity contribution in [1.82, 2.24) is 14.5 Å². The van der Waals surface area contributed by atoms with Gasteiger partial charge in [0.25, 0.3) is 11.8 Å². The number of methoxy groups -OCH3 is 2. The zero-order valence-corrected chi connectivity index (χ0v) is 46.6. The molecule has 0 bridgehead atoms. The maximum atomic E-state index is 13.7. The minimum Gasteiger partial charge on any atom is -0.382 e. The first-order valence-electron chi connectivity index (χ1n) is 25.4. The predicted octanol–water partition coefficient (Wildman–Crippen LogP) is 6.87. The molecule has 23 heteroatoms. The van der Waals surface area contributed by atoms with E-state index in [-0.39, 0.29) is 48.7 Å². The van der Waals surface area contributed by atoms with E-state index in [2.05, 4.69) is 86.3 Å². The minimum atomic E-state index is -3.92. The van der Waals surface area contributed by atoms with E-state index in [9.17, 15) is 31.2 Å². The molecule has 3 aromatic carbocycles. The molecule has 1 fully saturated rings. The van der Waals surface area contributed by atoms with Crippen LogP contribution >= 0.6 is 12.0 Å². The van der Waals surface area contributed by atoms with Gasteiger partial charge in [0.1, 0.15) is 6.61 Å². The average molecular weight is 1120 g/mol. The largest absolute Gasteiger partial charge is 0.382 e. The molecule has 0 unspecified atom stereocenters. The normalized spacial score (nSPS) is 16.7. The standard InChI is InChI=1S/C53H71N5O15S3/c1-52(2)43-37-40(39-16-19-41(20-17-39)75(63,64)55-27-30-69-34-32-67-5)18-22-45(43)57(29-31-70-35-33-68-6)48(52)14-10-9-13-47-53(3,4)44-38-42(21-23-46(44)56(47)28-12-36-74-73-72-62)76(65,66)54-26-11-7-8-15-51(61)71-58-49(59)24-25-50(58)60/h10,13-14,16-23,37-38,54-55H,7-9,11-12,15,24-36H2,1-6H3/p+1/b14-10?,47-13-. The highest BCUT2D eigenvalue weighted by molar-refractivity contribution is 7.94. The molecule has 0 atom stereocenters. The van der Waals surface area contributed by atoms with Crippen LogP contribution in [-0.2, 0) is 78.4 Å². The summed E-state index contributed by atoms with van der Waals surface area (Å²) in [6, 6.07) is 18.3. The summed E-state index contributed by atoms with van der Waals surface area (Å²) in [4.78, 5) is 43.1. The van der Waals surface area contributed by atoms with Gasteiger partial charge in [-0.2, -0.15) is 4.58 Å². The first-order chi connectivity index (χ1) is 36.4. The smallest absolute Gasteiger partial charge is 0.333 e. The van der Waals surface area contributed by atoms with Crippen LogP contribution in [0.5, 0.6) is 0 Å². The Morgan fingerprint density at radius 3 is 2.11 bits per heavy atom. The van der Waals surface area contributed by atoms with Crippen LogP contribution in [0.1, 0.15) is 90.2 Å². The highest BCUT2D eigenvalue weighted by atomic mass is 32.2. The Hall–Kier alpha value is -4.89. The van der Waals surface area contributed by atoms with Gasteiger partial charge in [-0.15, -0.1) is 9.40 Å². The van der Waals surface area contributed by atoms with Gasteiger partial charge in [0.15, 0.2) is 12.3 Å². The number of imide groups is 1. The molecule has 0 spiro atoms. The van der Waals surface area contributed by atoms with Crippen molar-refractivity contribution >= 4 is 67.0 Å². The molecule has 0 radical (unpaired) electrons. The minimum absolute atomic E-state index is 0.0118. The summed E-state index contributed by atoms with van der Waals surface area (Å²) in [5.74, 6) is -1.28. The maximum absolute atomic E-state index is 13.7. The van der Waals surface area contributed by atoms with Crippen molar-refractivity contribution in [3.05, 3.63) is 95.7 Å². The number of anilines is 1.